The lowest BCUT2D eigenvalue weighted by molar-refractivity contribution is -0.114. The van der Waals surface area contributed by atoms with Gasteiger partial charge in [-0.2, -0.15) is 0 Å². The van der Waals surface area contributed by atoms with E-state index in [0.29, 0.717) is 33.8 Å². The lowest BCUT2D eigenvalue weighted by Gasteiger charge is -2.13. The van der Waals surface area contributed by atoms with Crippen molar-refractivity contribution in [1.29, 1.82) is 0 Å². The highest BCUT2D eigenvalue weighted by Crippen LogP contribution is 2.25. The van der Waals surface area contributed by atoms with E-state index in [1.54, 1.807) is 49.4 Å². The molecule has 0 spiro atoms. The minimum absolute atomic E-state index is 0.217. The van der Waals surface area contributed by atoms with Crippen LogP contribution in [0.4, 0.5) is 5.69 Å². The zero-order valence-corrected chi connectivity index (χ0v) is 14.6. The van der Waals surface area contributed by atoms with E-state index in [-0.39, 0.29) is 11.7 Å². The van der Waals surface area contributed by atoms with E-state index in [2.05, 4.69) is 10.5 Å². The van der Waals surface area contributed by atoms with Crippen molar-refractivity contribution in [2.45, 2.75) is 13.8 Å². The van der Waals surface area contributed by atoms with E-state index in [0.717, 1.165) is 0 Å². The van der Waals surface area contributed by atoms with E-state index in [9.17, 15) is 9.59 Å². The average Bonchev–Trinajstić information content (AvgIpc) is 2.60. The van der Waals surface area contributed by atoms with Gasteiger partial charge in [-0.1, -0.05) is 23.4 Å². The van der Waals surface area contributed by atoms with Gasteiger partial charge in [-0.25, -0.2) is 0 Å². The lowest BCUT2D eigenvalue weighted by Crippen LogP contribution is -2.13. The highest BCUT2D eigenvalue weighted by atomic mass is 16.6. The summed E-state index contributed by atoms with van der Waals surface area (Å²) in [5.74, 6) is 0.0285. The molecule has 0 aromatic heterocycles. The summed E-state index contributed by atoms with van der Waals surface area (Å²) < 4.78 is 5.29. The Morgan fingerprint density at radius 1 is 0.960 bits per heavy atom. The average molecular weight is 340 g/mol. The van der Waals surface area contributed by atoms with Gasteiger partial charge in [0, 0.05) is 23.7 Å². The first-order valence-electron chi connectivity index (χ1n) is 7.65. The Balaban J connectivity index is 2.60. The largest absolute Gasteiger partial charge is 0.496 e. The first kappa shape index (κ1) is 18.2. The highest BCUT2D eigenvalue weighted by molar-refractivity contribution is 6.18. The maximum atomic E-state index is 13.1. The molecule has 6 nitrogen and oxygen atoms in total. The van der Waals surface area contributed by atoms with E-state index in [1.807, 2.05) is 0 Å². The molecule has 2 aromatic carbocycles. The van der Waals surface area contributed by atoms with Crippen LogP contribution in [0.5, 0.6) is 5.75 Å². The SMILES string of the molecule is CO/N=C(\C)c1ccc(NC(C)=O)cc1C(=O)c1ccccc1OC. The van der Waals surface area contributed by atoms with Crippen molar-refractivity contribution in [2.75, 3.05) is 19.5 Å². The summed E-state index contributed by atoms with van der Waals surface area (Å²) in [5, 5.41) is 6.60. The summed E-state index contributed by atoms with van der Waals surface area (Å²) in [6.45, 7) is 3.16. The molecular weight excluding hydrogens is 320 g/mol. The molecule has 0 aliphatic carbocycles. The molecule has 0 saturated heterocycles. The van der Waals surface area contributed by atoms with Gasteiger partial charge >= 0.3 is 0 Å². The van der Waals surface area contributed by atoms with Crippen molar-refractivity contribution in [1.82, 2.24) is 0 Å². The van der Waals surface area contributed by atoms with Crippen LogP contribution < -0.4 is 10.1 Å². The second-order valence-electron chi connectivity index (χ2n) is 5.33. The molecule has 25 heavy (non-hydrogen) atoms. The number of amides is 1. The molecular formula is C19H20N2O4. The normalized spacial score (nSPS) is 11.0. The fourth-order valence-corrected chi connectivity index (χ4v) is 2.49. The molecule has 130 valence electrons. The smallest absolute Gasteiger partial charge is 0.221 e. The topological polar surface area (TPSA) is 77.0 Å². The van der Waals surface area contributed by atoms with E-state index >= 15 is 0 Å². The van der Waals surface area contributed by atoms with Crippen LogP contribution in [0.25, 0.3) is 0 Å². The summed E-state index contributed by atoms with van der Waals surface area (Å²) >= 11 is 0. The fraction of sp³-hybridized carbons (Fsp3) is 0.211. The summed E-state index contributed by atoms with van der Waals surface area (Å²) in [7, 11) is 2.95. The third-order valence-corrected chi connectivity index (χ3v) is 3.55. The van der Waals surface area contributed by atoms with E-state index < -0.39 is 0 Å². The van der Waals surface area contributed by atoms with Gasteiger partial charge < -0.3 is 14.9 Å². The molecule has 0 radical (unpaired) electrons. The van der Waals surface area contributed by atoms with Gasteiger partial charge in [-0.05, 0) is 31.2 Å². The lowest BCUT2D eigenvalue weighted by atomic mass is 9.95. The number of methoxy groups -OCH3 is 1. The third-order valence-electron chi connectivity index (χ3n) is 3.55. The van der Waals surface area contributed by atoms with Crippen LogP contribution in [-0.2, 0) is 9.63 Å². The number of hydrogen-bond donors (Lipinski definition) is 1. The quantitative estimate of drug-likeness (QED) is 0.497. The molecule has 2 rings (SSSR count). The van der Waals surface area contributed by atoms with Crippen LogP contribution >= 0.6 is 0 Å². The molecule has 1 N–H and O–H groups in total. The van der Waals surface area contributed by atoms with Crippen LogP contribution in [0.15, 0.2) is 47.6 Å². The predicted octanol–water partition coefficient (Wildman–Crippen LogP) is 3.26. The first-order chi connectivity index (χ1) is 12.0. The number of rotatable bonds is 6. The molecule has 0 fully saturated rings. The van der Waals surface area contributed by atoms with E-state index in [4.69, 9.17) is 9.57 Å². The summed E-state index contributed by atoms with van der Waals surface area (Å²) in [6, 6.07) is 12.0. The monoisotopic (exact) mass is 340 g/mol. The standard InChI is InChI=1S/C19H20N2O4/c1-12(21-25-4)15-10-9-14(20-13(2)22)11-17(15)19(23)16-7-5-6-8-18(16)24-3/h5-11H,1-4H3,(H,20,22)/b21-12+. The molecule has 0 saturated carbocycles. The fourth-order valence-electron chi connectivity index (χ4n) is 2.49. The number of nitrogens with zero attached hydrogens (tertiary/aromatic N) is 1. The number of carbonyl (C=O) groups excluding carboxylic acids is 2. The zero-order valence-electron chi connectivity index (χ0n) is 14.6. The Morgan fingerprint density at radius 3 is 2.32 bits per heavy atom. The van der Waals surface area contributed by atoms with Crippen LogP contribution in [0.3, 0.4) is 0 Å². The molecule has 0 atom stereocenters. The number of ketones is 1. The van der Waals surface area contributed by atoms with Crippen molar-refractivity contribution < 1.29 is 19.2 Å². The minimum Gasteiger partial charge on any atom is -0.496 e. The van der Waals surface area contributed by atoms with Gasteiger partial charge in [-0.3, -0.25) is 9.59 Å². The second kappa shape index (κ2) is 8.10. The molecule has 6 heteroatoms. The number of carbonyl (C=O) groups is 2. The summed E-state index contributed by atoms with van der Waals surface area (Å²) in [5.41, 5.74) is 2.52. The number of benzene rings is 2. The van der Waals surface area contributed by atoms with Gasteiger partial charge in [0.25, 0.3) is 0 Å². The maximum Gasteiger partial charge on any atom is 0.221 e. The Morgan fingerprint density at radius 2 is 1.68 bits per heavy atom. The number of oxime groups is 1. The second-order valence-corrected chi connectivity index (χ2v) is 5.33. The van der Waals surface area contributed by atoms with Gasteiger partial charge in [0.15, 0.2) is 5.78 Å². The summed E-state index contributed by atoms with van der Waals surface area (Å²) in [4.78, 5) is 29.3. The molecule has 0 heterocycles. The van der Waals surface area contributed by atoms with Crippen molar-refractivity contribution in [3.63, 3.8) is 0 Å². The molecule has 1 amide bonds. The maximum absolute atomic E-state index is 13.1. The van der Waals surface area contributed by atoms with Crippen molar-refractivity contribution in [2.24, 2.45) is 5.16 Å². The molecule has 2 aromatic rings. The predicted molar refractivity (Wildman–Crippen MR) is 96.4 cm³/mol. The highest BCUT2D eigenvalue weighted by Gasteiger charge is 2.19. The minimum atomic E-state index is -0.231. The summed E-state index contributed by atoms with van der Waals surface area (Å²) in [6.07, 6.45) is 0. The number of para-hydroxylation sites is 1. The number of hydrogen-bond acceptors (Lipinski definition) is 5. The zero-order chi connectivity index (χ0) is 18.4. The van der Waals surface area contributed by atoms with Crippen molar-refractivity contribution >= 4 is 23.1 Å². The van der Waals surface area contributed by atoms with Gasteiger partial charge in [0.1, 0.15) is 12.9 Å². The van der Waals surface area contributed by atoms with E-state index in [1.165, 1.54) is 21.1 Å². The van der Waals surface area contributed by atoms with Crippen molar-refractivity contribution in [3.8, 4) is 5.75 Å². The first-order valence-corrected chi connectivity index (χ1v) is 7.65. The third kappa shape index (κ3) is 4.23. The van der Waals surface area contributed by atoms with Crippen LogP contribution in [0, 0.1) is 0 Å². The van der Waals surface area contributed by atoms with Gasteiger partial charge in [0.05, 0.1) is 18.4 Å². The number of ether oxygens (including phenoxy) is 1. The van der Waals surface area contributed by atoms with Gasteiger partial charge in [-0.15, -0.1) is 0 Å². The van der Waals surface area contributed by atoms with Crippen LogP contribution in [0.1, 0.15) is 35.3 Å². The Kier molecular flexibility index (Phi) is 5.89. The number of anilines is 1. The van der Waals surface area contributed by atoms with Crippen LogP contribution in [0.2, 0.25) is 0 Å². The van der Waals surface area contributed by atoms with Crippen LogP contribution in [-0.4, -0.2) is 31.6 Å². The number of nitrogens with one attached hydrogen (secondary N) is 1. The molecule has 0 bridgehead atoms. The Hall–Kier alpha value is -3.15. The Labute approximate surface area is 146 Å². The Bertz CT molecular complexity index is 828. The molecule has 0 aliphatic heterocycles. The molecule has 0 aliphatic rings. The molecule has 0 unspecified atom stereocenters. The van der Waals surface area contributed by atoms with Gasteiger partial charge in [0.2, 0.25) is 5.91 Å². The van der Waals surface area contributed by atoms with Crippen molar-refractivity contribution in [3.05, 3.63) is 59.2 Å².